The van der Waals surface area contributed by atoms with E-state index >= 15 is 0 Å². The second kappa shape index (κ2) is 11.5. The van der Waals surface area contributed by atoms with Crippen LogP contribution in [0.4, 0.5) is 0 Å². The molecule has 0 aromatic heterocycles. The van der Waals surface area contributed by atoms with Crippen molar-refractivity contribution in [3.05, 3.63) is 0 Å². The van der Waals surface area contributed by atoms with E-state index in [4.69, 9.17) is 4.74 Å². The van der Waals surface area contributed by atoms with Crippen LogP contribution in [0.25, 0.3) is 0 Å². The van der Waals surface area contributed by atoms with Gasteiger partial charge in [-0.05, 0) is 46.8 Å². The summed E-state index contributed by atoms with van der Waals surface area (Å²) in [6, 6.07) is 0. The first-order chi connectivity index (χ1) is 9.96. The fraction of sp³-hybridized carbons (Fsp3) is 0.875. The third-order valence-electron chi connectivity index (χ3n) is 3.57. The summed E-state index contributed by atoms with van der Waals surface area (Å²) in [6.07, 6.45) is 2.89. The molecule has 0 atom stereocenters. The highest BCUT2D eigenvalue weighted by Gasteiger charge is 2.21. The molecule has 0 saturated carbocycles. The van der Waals surface area contributed by atoms with E-state index in [2.05, 4.69) is 4.90 Å². The summed E-state index contributed by atoms with van der Waals surface area (Å²) in [5, 5.41) is 0. The minimum atomic E-state index is -0.229. The van der Waals surface area contributed by atoms with Crippen LogP contribution in [-0.4, -0.2) is 62.0 Å². The lowest BCUT2D eigenvalue weighted by molar-refractivity contribution is -0.144. The number of rotatable bonds is 11. The fourth-order valence-corrected chi connectivity index (χ4v) is 2.27. The molecule has 0 spiro atoms. The summed E-state index contributed by atoms with van der Waals surface area (Å²) in [5.41, 5.74) is 0. The monoisotopic (exact) mass is 300 g/mol. The Morgan fingerprint density at radius 2 is 1.62 bits per heavy atom. The standard InChI is InChI=1S/C16H32N2O3/c1-6-14(7-2)16(20)18(12-9-11-17(4)5)13-10-15(19)21-8-3/h14H,6-13H2,1-5H3. The molecule has 0 aliphatic rings. The number of hydrogen-bond acceptors (Lipinski definition) is 4. The number of hydrogen-bond donors (Lipinski definition) is 0. The van der Waals surface area contributed by atoms with Crippen LogP contribution in [0.15, 0.2) is 0 Å². The van der Waals surface area contributed by atoms with Crippen LogP contribution >= 0.6 is 0 Å². The molecule has 0 aliphatic carbocycles. The van der Waals surface area contributed by atoms with Crippen molar-refractivity contribution in [3.63, 3.8) is 0 Å². The average molecular weight is 300 g/mol. The van der Waals surface area contributed by atoms with Crippen molar-refractivity contribution in [3.8, 4) is 0 Å². The first-order valence-corrected chi connectivity index (χ1v) is 8.05. The highest BCUT2D eigenvalue weighted by molar-refractivity contribution is 5.79. The van der Waals surface area contributed by atoms with Crippen molar-refractivity contribution in [1.82, 2.24) is 9.80 Å². The summed E-state index contributed by atoms with van der Waals surface area (Å²) < 4.78 is 4.94. The number of carbonyl (C=O) groups is 2. The van der Waals surface area contributed by atoms with Gasteiger partial charge < -0.3 is 14.5 Å². The van der Waals surface area contributed by atoms with Gasteiger partial charge in [-0.15, -0.1) is 0 Å². The predicted octanol–water partition coefficient (Wildman–Crippen LogP) is 2.16. The minimum absolute atomic E-state index is 0.0616. The van der Waals surface area contributed by atoms with Crippen LogP contribution in [0.3, 0.4) is 0 Å². The van der Waals surface area contributed by atoms with E-state index in [-0.39, 0.29) is 24.2 Å². The molecule has 0 heterocycles. The van der Waals surface area contributed by atoms with Crippen LogP contribution in [0, 0.1) is 5.92 Å². The molecular weight excluding hydrogens is 268 g/mol. The van der Waals surface area contributed by atoms with E-state index in [1.165, 1.54) is 0 Å². The van der Waals surface area contributed by atoms with Gasteiger partial charge >= 0.3 is 5.97 Å². The molecule has 21 heavy (non-hydrogen) atoms. The van der Waals surface area contributed by atoms with Gasteiger partial charge in [0, 0.05) is 19.0 Å². The quantitative estimate of drug-likeness (QED) is 0.549. The normalized spacial score (nSPS) is 11.0. The SMILES string of the molecule is CCOC(=O)CCN(CCCN(C)C)C(=O)C(CC)CC. The Hall–Kier alpha value is -1.10. The van der Waals surface area contributed by atoms with E-state index < -0.39 is 0 Å². The molecule has 0 aliphatic heterocycles. The lowest BCUT2D eigenvalue weighted by atomic mass is 10.0. The maximum absolute atomic E-state index is 12.5. The number of amides is 1. The van der Waals surface area contributed by atoms with Gasteiger partial charge in [0.15, 0.2) is 0 Å². The van der Waals surface area contributed by atoms with Crippen LogP contribution in [0.2, 0.25) is 0 Å². The van der Waals surface area contributed by atoms with E-state index in [1.54, 1.807) is 6.92 Å². The Bertz CT molecular complexity index is 302. The van der Waals surface area contributed by atoms with Crippen LogP contribution < -0.4 is 0 Å². The predicted molar refractivity (Wildman–Crippen MR) is 85.1 cm³/mol. The highest BCUT2D eigenvalue weighted by Crippen LogP contribution is 2.13. The molecule has 0 saturated heterocycles. The van der Waals surface area contributed by atoms with Gasteiger partial charge in [-0.25, -0.2) is 0 Å². The van der Waals surface area contributed by atoms with E-state index in [0.29, 0.717) is 19.7 Å². The molecule has 0 aromatic carbocycles. The maximum atomic E-state index is 12.5. The molecular formula is C16H32N2O3. The molecule has 0 fully saturated rings. The van der Waals surface area contributed by atoms with Crippen molar-refractivity contribution in [2.75, 3.05) is 40.3 Å². The summed E-state index contributed by atoms with van der Waals surface area (Å²) in [5.74, 6) is 0.00191. The molecule has 0 rings (SSSR count). The zero-order chi connectivity index (χ0) is 16.3. The van der Waals surface area contributed by atoms with Gasteiger partial charge in [-0.1, -0.05) is 13.8 Å². The first kappa shape index (κ1) is 19.9. The summed E-state index contributed by atoms with van der Waals surface area (Å²) in [4.78, 5) is 27.9. The van der Waals surface area contributed by atoms with Gasteiger partial charge in [-0.2, -0.15) is 0 Å². The largest absolute Gasteiger partial charge is 0.466 e. The minimum Gasteiger partial charge on any atom is -0.466 e. The number of nitrogens with zero attached hydrogens (tertiary/aromatic N) is 2. The number of esters is 1. The van der Waals surface area contributed by atoms with Crippen molar-refractivity contribution < 1.29 is 14.3 Å². The second-order valence-corrected chi connectivity index (χ2v) is 5.55. The lowest BCUT2D eigenvalue weighted by Gasteiger charge is -2.27. The molecule has 0 aromatic rings. The molecule has 5 nitrogen and oxygen atoms in total. The Balaban J connectivity index is 4.52. The third-order valence-corrected chi connectivity index (χ3v) is 3.57. The second-order valence-electron chi connectivity index (χ2n) is 5.55. The lowest BCUT2D eigenvalue weighted by Crippen LogP contribution is -2.39. The Labute approximate surface area is 129 Å². The average Bonchev–Trinajstić information content (AvgIpc) is 2.43. The molecule has 0 bridgehead atoms. The summed E-state index contributed by atoms with van der Waals surface area (Å²) in [6.45, 7) is 8.35. The maximum Gasteiger partial charge on any atom is 0.307 e. The zero-order valence-electron chi connectivity index (χ0n) is 14.4. The number of carbonyl (C=O) groups excluding carboxylic acids is 2. The van der Waals surface area contributed by atoms with Crippen molar-refractivity contribution in [1.29, 1.82) is 0 Å². The Morgan fingerprint density at radius 1 is 1.00 bits per heavy atom. The van der Waals surface area contributed by atoms with Gasteiger partial charge in [0.25, 0.3) is 0 Å². The van der Waals surface area contributed by atoms with Crippen molar-refractivity contribution >= 4 is 11.9 Å². The van der Waals surface area contributed by atoms with Crippen LogP contribution in [-0.2, 0) is 14.3 Å². The van der Waals surface area contributed by atoms with Gasteiger partial charge in [0.05, 0.1) is 13.0 Å². The Morgan fingerprint density at radius 3 is 2.10 bits per heavy atom. The molecule has 1 amide bonds. The van der Waals surface area contributed by atoms with Crippen molar-refractivity contribution in [2.45, 2.75) is 46.5 Å². The first-order valence-electron chi connectivity index (χ1n) is 8.05. The van der Waals surface area contributed by atoms with E-state index in [0.717, 1.165) is 25.8 Å². The highest BCUT2D eigenvalue weighted by atomic mass is 16.5. The number of ether oxygens (including phenoxy) is 1. The van der Waals surface area contributed by atoms with E-state index in [9.17, 15) is 9.59 Å². The van der Waals surface area contributed by atoms with Gasteiger partial charge in [0.1, 0.15) is 0 Å². The Kier molecular flexibility index (Phi) is 10.9. The van der Waals surface area contributed by atoms with E-state index in [1.807, 2.05) is 32.8 Å². The zero-order valence-corrected chi connectivity index (χ0v) is 14.4. The molecule has 0 N–H and O–H groups in total. The van der Waals surface area contributed by atoms with Crippen LogP contribution in [0.5, 0.6) is 0 Å². The molecule has 124 valence electrons. The van der Waals surface area contributed by atoms with Gasteiger partial charge in [0.2, 0.25) is 5.91 Å². The molecule has 0 unspecified atom stereocenters. The smallest absolute Gasteiger partial charge is 0.307 e. The summed E-state index contributed by atoms with van der Waals surface area (Å²) in [7, 11) is 4.04. The molecule has 0 radical (unpaired) electrons. The van der Waals surface area contributed by atoms with Crippen LogP contribution in [0.1, 0.15) is 46.5 Å². The molecule has 5 heteroatoms. The van der Waals surface area contributed by atoms with Gasteiger partial charge in [-0.3, -0.25) is 9.59 Å². The summed E-state index contributed by atoms with van der Waals surface area (Å²) >= 11 is 0. The third kappa shape index (κ3) is 8.71. The van der Waals surface area contributed by atoms with Crippen molar-refractivity contribution in [2.24, 2.45) is 5.92 Å². The fourth-order valence-electron chi connectivity index (χ4n) is 2.27. The topological polar surface area (TPSA) is 49.9 Å².